The number of rotatable bonds is 7. The van der Waals surface area contributed by atoms with Gasteiger partial charge in [-0.05, 0) is 53.9 Å². The summed E-state index contributed by atoms with van der Waals surface area (Å²) in [6.45, 7) is 4.53. The van der Waals surface area contributed by atoms with E-state index in [1.54, 1.807) is 24.4 Å². The van der Waals surface area contributed by atoms with Gasteiger partial charge in [0.25, 0.3) is 5.56 Å². The highest BCUT2D eigenvalue weighted by Crippen LogP contribution is 2.26. The second-order valence-electron chi connectivity index (χ2n) is 7.77. The van der Waals surface area contributed by atoms with Gasteiger partial charge in [-0.3, -0.25) is 4.79 Å². The average Bonchev–Trinajstić information content (AvgIpc) is 2.83. The first-order valence-electron chi connectivity index (χ1n) is 10.7. The quantitative estimate of drug-likeness (QED) is 0.250. The minimum Gasteiger partial charge on any atom is -0.487 e. The number of fused-ring (bicyclic) bond motifs is 1. The van der Waals surface area contributed by atoms with E-state index in [1.165, 1.54) is 4.68 Å². The number of hydrogen-bond acceptors (Lipinski definition) is 4. The summed E-state index contributed by atoms with van der Waals surface area (Å²) in [5.41, 5.74) is 2.27. The maximum atomic E-state index is 13.2. The van der Waals surface area contributed by atoms with Crippen molar-refractivity contribution in [3.63, 3.8) is 0 Å². The number of benzene rings is 3. The van der Waals surface area contributed by atoms with Crippen LogP contribution in [0.5, 0.6) is 5.75 Å². The Bertz CT molecular complexity index is 1370. The molecule has 1 aromatic heterocycles. The zero-order chi connectivity index (χ0) is 23.4. The largest absolute Gasteiger partial charge is 0.487 e. The lowest BCUT2D eigenvalue weighted by atomic mass is 10.1. The number of ether oxygens (including phenoxy) is 1. The third-order valence-electron chi connectivity index (χ3n) is 5.40. The fourth-order valence-corrected chi connectivity index (χ4v) is 3.96. The molecule has 4 aromatic rings. The summed E-state index contributed by atoms with van der Waals surface area (Å²) in [4.78, 5) is 18.0. The third kappa shape index (κ3) is 5.34. The summed E-state index contributed by atoms with van der Waals surface area (Å²) in [7, 11) is 0. The lowest BCUT2D eigenvalue weighted by Gasteiger charge is -2.14. The molecule has 0 aliphatic carbocycles. The van der Waals surface area contributed by atoms with Crippen LogP contribution in [-0.4, -0.2) is 15.9 Å². The summed E-state index contributed by atoms with van der Waals surface area (Å²) in [5, 5.41) is 5.48. The van der Waals surface area contributed by atoms with Gasteiger partial charge in [0.05, 0.1) is 22.1 Å². The molecule has 4 rings (SSSR count). The van der Waals surface area contributed by atoms with E-state index in [-0.39, 0.29) is 11.5 Å². The highest BCUT2D eigenvalue weighted by atomic mass is 79.9. The van der Waals surface area contributed by atoms with Crippen LogP contribution in [0.1, 0.15) is 43.1 Å². The maximum absolute atomic E-state index is 13.2. The van der Waals surface area contributed by atoms with Crippen molar-refractivity contribution in [3.05, 3.63) is 104 Å². The molecule has 7 heteroatoms. The lowest BCUT2D eigenvalue weighted by Crippen LogP contribution is -2.23. The summed E-state index contributed by atoms with van der Waals surface area (Å²) in [6, 6.07) is 20.8. The van der Waals surface area contributed by atoms with Crippen LogP contribution in [0.3, 0.4) is 0 Å². The van der Waals surface area contributed by atoms with E-state index < -0.39 is 0 Å². The molecular formula is C26H23BrClN3O2. The van der Waals surface area contributed by atoms with Gasteiger partial charge < -0.3 is 4.74 Å². The van der Waals surface area contributed by atoms with Gasteiger partial charge in [0, 0.05) is 10.4 Å². The molecule has 1 heterocycles. The smallest absolute Gasteiger partial charge is 0.282 e. The van der Waals surface area contributed by atoms with Gasteiger partial charge in [0.2, 0.25) is 0 Å². The predicted octanol–water partition coefficient (Wildman–Crippen LogP) is 6.79. The van der Waals surface area contributed by atoms with Crippen LogP contribution in [0.4, 0.5) is 0 Å². The molecule has 0 aliphatic rings. The van der Waals surface area contributed by atoms with Crippen molar-refractivity contribution in [1.82, 2.24) is 9.66 Å². The predicted molar refractivity (Wildman–Crippen MR) is 138 cm³/mol. The van der Waals surface area contributed by atoms with E-state index in [0.29, 0.717) is 34.1 Å². The van der Waals surface area contributed by atoms with E-state index in [0.717, 1.165) is 22.0 Å². The highest BCUT2D eigenvalue weighted by Gasteiger charge is 2.15. The van der Waals surface area contributed by atoms with Gasteiger partial charge in [0.1, 0.15) is 18.2 Å². The molecule has 0 radical (unpaired) electrons. The number of nitrogens with zero attached hydrogens (tertiary/aromatic N) is 3. The van der Waals surface area contributed by atoms with Crippen LogP contribution in [0, 0.1) is 0 Å². The van der Waals surface area contributed by atoms with E-state index in [2.05, 4.69) is 28.0 Å². The minimum absolute atomic E-state index is 0.0697. The molecule has 0 saturated heterocycles. The molecule has 5 nitrogen and oxygen atoms in total. The second-order valence-corrected chi connectivity index (χ2v) is 9.09. The molecule has 0 spiro atoms. The van der Waals surface area contributed by atoms with Crippen molar-refractivity contribution in [3.8, 4) is 5.75 Å². The molecule has 0 saturated carbocycles. The Morgan fingerprint density at radius 2 is 1.94 bits per heavy atom. The van der Waals surface area contributed by atoms with E-state index in [1.807, 2.05) is 55.5 Å². The monoisotopic (exact) mass is 523 g/mol. The number of aromatic nitrogens is 2. The highest BCUT2D eigenvalue weighted by molar-refractivity contribution is 9.10. The summed E-state index contributed by atoms with van der Waals surface area (Å²) in [6.07, 6.45) is 2.45. The molecule has 0 unspecified atom stereocenters. The van der Waals surface area contributed by atoms with Crippen molar-refractivity contribution in [2.24, 2.45) is 5.10 Å². The Morgan fingerprint density at radius 3 is 2.67 bits per heavy atom. The molecule has 0 amide bonds. The second kappa shape index (κ2) is 10.3. The fraction of sp³-hybridized carbons (Fsp3) is 0.192. The maximum Gasteiger partial charge on any atom is 0.282 e. The summed E-state index contributed by atoms with van der Waals surface area (Å²) >= 11 is 9.86. The van der Waals surface area contributed by atoms with Gasteiger partial charge in [-0.1, -0.05) is 71.7 Å². The first-order valence-corrected chi connectivity index (χ1v) is 11.9. The Balaban J connectivity index is 1.64. The van der Waals surface area contributed by atoms with E-state index in [9.17, 15) is 4.79 Å². The van der Waals surface area contributed by atoms with Crippen LogP contribution in [0.2, 0.25) is 5.02 Å². The van der Waals surface area contributed by atoms with E-state index >= 15 is 0 Å². The summed E-state index contributed by atoms with van der Waals surface area (Å²) in [5.74, 6) is 1.29. The minimum atomic E-state index is -0.207. The molecular weight excluding hydrogens is 502 g/mol. The average molecular weight is 525 g/mol. The molecule has 168 valence electrons. The van der Waals surface area contributed by atoms with Crippen molar-refractivity contribution in [1.29, 1.82) is 0 Å². The van der Waals surface area contributed by atoms with Gasteiger partial charge in [-0.15, -0.1) is 0 Å². The number of hydrogen-bond donors (Lipinski definition) is 0. The first-order chi connectivity index (χ1) is 16.0. The Morgan fingerprint density at radius 1 is 1.15 bits per heavy atom. The van der Waals surface area contributed by atoms with Gasteiger partial charge in [-0.2, -0.15) is 9.78 Å². The Labute approximate surface area is 205 Å². The van der Waals surface area contributed by atoms with Crippen molar-refractivity contribution < 1.29 is 4.74 Å². The third-order valence-corrected chi connectivity index (χ3v) is 6.19. The van der Waals surface area contributed by atoms with Gasteiger partial charge in [0.15, 0.2) is 0 Å². The zero-order valence-corrected chi connectivity index (χ0v) is 20.7. The Kier molecular flexibility index (Phi) is 7.26. The van der Waals surface area contributed by atoms with Crippen molar-refractivity contribution in [2.45, 2.75) is 32.8 Å². The first kappa shape index (κ1) is 23.2. The van der Waals surface area contributed by atoms with Crippen molar-refractivity contribution in [2.75, 3.05) is 0 Å². The Hall–Kier alpha value is -2.96. The van der Waals surface area contributed by atoms with Crippen LogP contribution >= 0.6 is 27.5 Å². The summed E-state index contributed by atoms with van der Waals surface area (Å²) < 4.78 is 8.04. The van der Waals surface area contributed by atoms with E-state index in [4.69, 9.17) is 21.3 Å². The van der Waals surface area contributed by atoms with Crippen molar-refractivity contribution >= 4 is 44.6 Å². The molecule has 0 bridgehead atoms. The molecule has 33 heavy (non-hydrogen) atoms. The standard InChI is InChI=1S/C26H23BrClN3O2/c1-3-17(2)25-30-23-11-10-20(27)14-21(23)26(32)31(25)29-15-19-9-12-24(22(28)13-19)33-16-18-7-5-4-6-8-18/h4-15,17H,3,16H2,1-2H3/t17-/m0/s1. The fourth-order valence-electron chi connectivity index (χ4n) is 3.35. The SMILES string of the molecule is CC[C@H](C)c1nc2ccc(Br)cc2c(=O)n1N=Cc1ccc(OCc2ccccc2)c(Cl)c1. The lowest BCUT2D eigenvalue weighted by molar-refractivity contribution is 0.306. The normalized spacial score (nSPS) is 12.4. The number of halogens is 2. The van der Waals surface area contributed by atoms with Gasteiger partial charge >= 0.3 is 0 Å². The molecule has 0 N–H and O–H groups in total. The van der Waals surface area contributed by atoms with Gasteiger partial charge in [-0.25, -0.2) is 4.98 Å². The molecule has 0 fully saturated rings. The zero-order valence-electron chi connectivity index (χ0n) is 18.3. The van der Waals surface area contributed by atoms with Crippen LogP contribution < -0.4 is 10.3 Å². The molecule has 3 aromatic carbocycles. The molecule has 0 aliphatic heterocycles. The van der Waals surface area contributed by atoms with Crippen LogP contribution in [0.15, 0.2) is 81.1 Å². The topological polar surface area (TPSA) is 56.5 Å². The van der Waals surface area contributed by atoms with Crippen LogP contribution in [0.25, 0.3) is 10.9 Å². The van der Waals surface area contributed by atoms with Crippen LogP contribution in [-0.2, 0) is 6.61 Å². The molecule has 1 atom stereocenters.